The first kappa shape index (κ1) is 20.9. The first-order valence-electron chi connectivity index (χ1n) is 10.7. The van der Waals surface area contributed by atoms with Crippen LogP contribution in [-0.2, 0) is 0 Å². The Kier molecular flexibility index (Phi) is 5.64. The van der Waals surface area contributed by atoms with E-state index in [-0.39, 0.29) is 5.91 Å². The molecule has 0 saturated carbocycles. The van der Waals surface area contributed by atoms with Gasteiger partial charge in [-0.25, -0.2) is 4.98 Å². The predicted molar refractivity (Wildman–Crippen MR) is 127 cm³/mol. The first-order chi connectivity index (χ1) is 14.8. The number of hydrogen-bond donors (Lipinski definition) is 1. The van der Waals surface area contributed by atoms with Crippen LogP contribution in [0.15, 0.2) is 59.0 Å². The van der Waals surface area contributed by atoms with Crippen molar-refractivity contribution in [3.8, 4) is 11.5 Å². The summed E-state index contributed by atoms with van der Waals surface area (Å²) in [6.07, 6.45) is 1.08. The minimum absolute atomic E-state index is 0.122. The maximum atomic E-state index is 12.8. The van der Waals surface area contributed by atoms with Crippen LogP contribution in [0.5, 0.6) is 0 Å². The number of rotatable bonds is 5. The Balaban J connectivity index is 1.65. The van der Waals surface area contributed by atoms with Crippen LogP contribution in [0, 0.1) is 20.8 Å². The van der Waals surface area contributed by atoms with Crippen molar-refractivity contribution in [3.05, 3.63) is 82.4 Å². The molecule has 4 rings (SSSR count). The van der Waals surface area contributed by atoms with E-state index in [1.165, 1.54) is 5.56 Å². The fourth-order valence-electron chi connectivity index (χ4n) is 3.80. The smallest absolute Gasteiger partial charge is 0.255 e. The molecule has 31 heavy (non-hydrogen) atoms. The predicted octanol–water partition coefficient (Wildman–Crippen LogP) is 7.19. The third kappa shape index (κ3) is 4.38. The molecule has 1 atom stereocenters. The molecule has 0 saturated heterocycles. The number of amides is 1. The first-order valence-corrected chi connectivity index (χ1v) is 10.7. The number of anilines is 1. The second-order valence-electron chi connectivity index (χ2n) is 8.42. The summed E-state index contributed by atoms with van der Waals surface area (Å²) >= 11 is 0. The molecule has 0 unspecified atom stereocenters. The van der Waals surface area contributed by atoms with E-state index in [2.05, 4.69) is 37.4 Å². The van der Waals surface area contributed by atoms with Crippen molar-refractivity contribution in [2.75, 3.05) is 5.32 Å². The van der Waals surface area contributed by atoms with E-state index in [4.69, 9.17) is 9.40 Å². The van der Waals surface area contributed by atoms with Crippen molar-refractivity contribution in [2.45, 2.75) is 47.0 Å². The Morgan fingerprint density at radius 3 is 2.45 bits per heavy atom. The average Bonchev–Trinajstić information content (AvgIpc) is 3.17. The van der Waals surface area contributed by atoms with Gasteiger partial charge in [0.2, 0.25) is 5.89 Å². The Hall–Kier alpha value is -3.40. The summed E-state index contributed by atoms with van der Waals surface area (Å²) in [6, 6.07) is 17.9. The van der Waals surface area contributed by atoms with Gasteiger partial charge in [-0.05, 0) is 80.6 Å². The number of nitrogens with one attached hydrogen (secondary N) is 1. The molecule has 1 aromatic heterocycles. The molecular weight excluding hydrogens is 384 g/mol. The van der Waals surface area contributed by atoms with Gasteiger partial charge in [-0.3, -0.25) is 4.79 Å². The number of aromatic nitrogens is 1. The summed E-state index contributed by atoms with van der Waals surface area (Å²) in [5.74, 6) is 0.914. The molecule has 1 amide bonds. The summed E-state index contributed by atoms with van der Waals surface area (Å²) in [5.41, 5.74) is 8.25. The quantitative estimate of drug-likeness (QED) is 0.377. The van der Waals surface area contributed by atoms with Crippen LogP contribution in [-0.4, -0.2) is 10.9 Å². The number of oxazole rings is 1. The van der Waals surface area contributed by atoms with Gasteiger partial charge in [0.25, 0.3) is 5.91 Å². The zero-order valence-corrected chi connectivity index (χ0v) is 18.7. The molecule has 0 aliphatic carbocycles. The highest BCUT2D eigenvalue weighted by Crippen LogP contribution is 2.30. The van der Waals surface area contributed by atoms with Crippen LogP contribution in [0.1, 0.15) is 58.8 Å². The topological polar surface area (TPSA) is 55.1 Å². The lowest BCUT2D eigenvalue weighted by Gasteiger charge is -2.11. The van der Waals surface area contributed by atoms with Crippen LogP contribution in [0.25, 0.3) is 22.6 Å². The molecule has 1 N–H and O–H groups in total. The lowest BCUT2D eigenvalue weighted by atomic mass is 9.98. The highest BCUT2D eigenvalue weighted by atomic mass is 16.3. The van der Waals surface area contributed by atoms with Crippen molar-refractivity contribution in [1.82, 2.24) is 4.98 Å². The van der Waals surface area contributed by atoms with E-state index in [9.17, 15) is 4.79 Å². The highest BCUT2D eigenvalue weighted by molar-refractivity contribution is 6.05. The molecule has 1 heterocycles. The minimum Gasteiger partial charge on any atom is -0.436 e. The van der Waals surface area contributed by atoms with Crippen molar-refractivity contribution in [3.63, 3.8) is 0 Å². The maximum absolute atomic E-state index is 12.8. The van der Waals surface area contributed by atoms with Crippen molar-refractivity contribution in [2.24, 2.45) is 0 Å². The molecule has 0 aliphatic heterocycles. The number of nitrogens with zero attached hydrogens (tertiary/aromatic N) is 1. The fourth-order valence-corrected chi connectivity index (χ4v) is 3.80. The van der Waals surface area contributed by atoms with E-state index < -0.39 is 0 Å². The minimum atomic E-state index is -0.122. The molecule has 4 nitrogen and oxygen atoms in total. The van der Waals surface area contributed by atoms with Gasteiger partial charge in [0.1, 0.15) is 5.52 Å². The van der Waals surface area contributed by atoms with E-state index in [0.717, 1.165) is 45.5 Å². The SMILES string of the molecule is CC[C@H](C)c1ccc2oc(-c3ccc(C)c(NC(=O)c4cc(C)cc(C)c4)c3)nc2c1. The molecule has 4 aromatic rings. The largest absolute Gasteiger partial charge is 0.436 e. The maximum Gasteiger partial charge on any atom is 0.255 e. The summed E-state index contributed by atoms with van der Waals surface area (Å²) in [7, 11) is 0. The number of carbonyl (C=O) groups excluding carboxylic acids is 1. The molecule has 4 heteroatoms. The monoisotopic (exact) mass is 412 g/mol. The molecular formula is C27H28N2O2. The van der Waals surface area contributed by atoms with E-state index in [0.29, 0.717) is 17.4 Å². The zero-order chi connectivity index (χ0) is 22.1. The molecule has 0 fully saturated rings. The Morgan fingerprint density at radius 1 is 1.00 bits per heavy atom. The molecule has 158 valence electrons. The summed E-state index contributed by atoms with van der Waals surface area (Å²) in [5, 5.41) is 3.05. The van der Waals surface area contributed by atoms with Gasteiger partial charge in [0.15, 0.2) is 5.58 Å². The van der Waals surface area contributed by atoms with E-state index in [1.54, 1.807) is 0 Å². The van der Waals surface area contributed by atoms with Crippen LogP contribution in [0.3, 0.4) is 0 Å². The lowest BCUT2D eigenvalue weighted by molar-refractivity contribution is 0.102. The van der Waals surface area contributed by atoms with Crippen LogP contribution >= 0.6 is 0 Å². The van der Waals surface area contributed by atoms with E-state index >= 15 is 0 Å². The van der Waals surface area contributed by atoms with Gasteiger partial charge in [0.05, 0.1) is 0 Å². The van der Waals surface area contributed by atoms with Crippen LogP contribution in [0.4, 0.5) is 5.69 Å². The van der Waals surface area contributed by atoms with Gasteiger partial charge in [-0.15, -0.1) is 0 Å². The Bertz CT molecular complexity index is 1250. The third-order valence-electron chi connectivity index (χ3n) is 5.81. The normalized spacial score (nSPS) is 12.2. The summed E-state index contributed by atoms with van der Waals surface area (Å²) in [4.78, 5) is 17.6. The Labute approximate surface area is 183 Å². The average molecular weight is 413 g/mol. The molecule has 3 aromatic carbocycles. The van der Waals surface area contributed by atoms with Gasteiger partial charge < -0.3 is 9.73 Å². The number of hydrogen-bond acceptors (Lipinski definition) is 3. The molecule has 0 aliphatic rings. The second kappa shape index (κ2) is 8.38. The standard InChI is InChI=1S/C27H28N2O2/c1-6-18(4)20-9-10-25-24(14-20)29-27(31-25)21-8-7-19(5)23(15-21)28-26(30)22-12-16(2)11-17(3)13-22/h7-15,18H,6H2,1-5H3,(H,28,30)/t18-/m0/s1. The number of fused-ring (bicyclic) bond motifs is 1. The van der Waals surface area contributed by atoms with Gasteiger partial charge >= 0.3 is 0 Å². The molecule has 0 bridgehead atoms. The van der Waals surface area contributed by atoms with Crippen molar-refractivity contribution in [1.29, 1.82) is 0 Å². The Morgan fingerprint density at radius 2 is 1.74 bits per heavy atom. The lowest BCUT2D eigenvalue weighted by Crippen LogP contribution is -2.13. The van der Waals surface area contributed by atoms with Crippen LogP contribution in [0.2, 0.25) is 0 Å². The molecule has 0 spiro atoms. The fraction of sp³-hybridized carbons (Fsp3) is 0.259. The van der Waals surface area contributed by atoms with Crippen molar-refractivity contribution < 1.29 is 9.21 Å². The third-order valence-corrected chi connectivity index (χ3v) is 5.81. The number of benzene rings is 3. The molecule has 0 radical (unpaired) electrons. The van der Waals surface area contributed by atoms with Crippen molar-refractivity contribution >= 4 is 22.7 Å². The van der Waals surface area contributed by atoms with Gasteiger partial charge in [-0.2, -0.15) is 0 Å². The van der Waals surface area contributed by atoms with E-state index in [1.807, 2.05) is 57.2 Å². The van der Waals surface area contributed by atoms with Crippen LogP contribution < -0.4 is 5.32 Å². The summed E-state index contributed by atoms with van der Waals surface area (Å²) in [6.45, 7) is 10.4. The number of aryl methyl sites for hydroxylation is 3. The van der Waals surface area contributed by atoms with Gasteiger partial charge in [0, 0.05) is 16.8 Å². The van der Waals surface area contributed by atoms with Gasteiger partial charge in [-0.1, -0.05) is 43.2 Å². The zero-order valence-electron chi connectivity index (χ0n) is 18.7. The number of carbonyl (C=O) groups is 1. The highest BCUT2D eigenvalue weighted by Gasteiger charge is 2.14. The second-order valence-corrected chi connectivity index (χ2v) is 8.42. The summed E-state index contributed by atoms with van der Waals surface area (Å²) < 4.78 is 6.01.